The van der Waals surface area contributed by atoms with Gasteiger partial charge in [-0.15, -0.1) is 0 Å². The van der Waals surface area contributed by atoms with E-state index < -0.39 is 15.8 Å². The fraction of sp³-hybridized carbons (Fsp3) is 0.538. The van der Waals surface area contributed by atoms with Crippen LogP contribution in [0.15, 0.2) is 23.1 Å². The largest absolute Gasteiger partial charge is 0.396 e. The first-order chi connectivity index (χ1) is 9.19. The number of halogens is 1. The minimum Gasteiger partial charge on any atom is -0.396 e. The van der Waals surface area contributed by atoms with Crippen LogP contribution in [0.4, 0.5) is 10.1 Å². The molecule has 0 aromatic heterocycles. The lowest BCUT2D eigenvalue weighted by atomic mass is 9.88. The molecule has 0 fully saturated rings. The van der Waals surface area contributed by atoms with E-state index in [1.165, 1.54) is 12.1 Å². The van der Waals surface area contributed by atoms with Gasteiger partial charge >= 0.3 is 0 Å². The molecule has 0 saturated carbocycles. The van der Waals surface area contributed by atoms with Crippen molar-refractivity contribution in [2.24, 2.45) is 5.41 Å². The maximum atomic E-state index is 13.3. The highest BCUT2D eigenvalue weighted by atomic mass is 32.2. The average molecular weight is 304 g/mol. The number of benzene rings is 1. The number of hydrogen-bond acceptors (Lipinski definition) is 4. The number of rotatable bonds is 7. The lowest BCUT2D eigenvalue weighted by Gasteiger charge is -2.24. The molecule has 0 unspecified atom stereocenters. The lowest BCUT2D eigenvalue weighted by molar-refractivity contribution is 0.242. The number of nitrogens with two attached hydrogens (primary N) is 1. The van der Waals surface area contributed by atoms with E-state index in [0.717, 1.165) is 6.07 Å². The number of hydrogen-bond donors (Lipinski definition) is 3. The molecule has 0 aliphatic heterocycles. The SMILES string of the molecule is CC(C)(CCCO)CNS(=O)(=O)c1cccc(F)c1N. The Balaban J connectivity index is 2.83. The maximum Gasteiger partial charge on any atom is 0.242 e. The van der Waals surface area contributed by atoms with Gasteiger partial charge in [-0.2, -0.15) is 0 Å². The third kappa shape index (κ3) is 4.43. The van der Waals surface area contributed by atoms with Crippen molar-refractivity contribution in [3.8, 4) is 0 Å². The first kappa shape index (κ1) is 16.9. The van der Waals surface area contributed by atoms with Gasteiger partial charge in [0, 0.05) is 13.2 Å². The Bertz CT molecular complexity index is 559. The molecule has 114 valence electrons. The molecule has 0 bridgehead atoms. The van der Waals surface area contributed by atoms with Crippen molar-refractivity contribution in [2.45, 2.75) is 31.6 Å². The van der Waals surface area contributed by atoms with Gasteiger partial charge in [-0.05, 0) is 30.4 Å². The van der Waals surface area contributed by atoms with Crippen molar-refractivity contribution in [1.82, 2.24) is 4.72 Å². The molecule has 0 aliphatic rings. The predicted molar refractivity (Wildman–Crippen MR) is 76.1 cm³/mol. The summed E-state index contributed by atoms with van der Waals surface area (Å²) in [7, 11) is -3.85. The second kappa shape index (κ2) is 6.51. The molecule has 0 atom stereocenters. The van der Waals surface area contributed by atoms with Gasteiger partial charge in [0.25, 0.3) is 0 Å². The minimum atomic E-state index is -3.85. The van der Waals surface area contributed by atoms with Crippen molar-refractivity contribution in [3.05, 3.63) is 24.0 Å². The van der Waals surface area contributed by atoms with Gasteiger partial charge in [0.1, 0.15) is 10.7 Å². The number of sulfonamides is 1. The highest BCUT2D eigenvalue weighted by Gasteiger charge is 2.24. The molecule has 1 aromatic rings. The van der Waals surface area contributed by atoms with E-state index in [-0.39, 0.29) is 29.1 Å². The van der Waals surface area contributed by atoms with Crippen LogP contribution >= 0.6 is 0 Å². The topological polar surface area (TPSA) is 92.4 Å². The van der Waals surface area contributed by atoms with Crippen molar-refractivity contribution < 1.29 is 17.9 Å². The summed E-state index contributed by atoms with van der Waals surface area (Å²) in [5.41, 5.74) is 4.77. The molecular formula is C13H21FN2O3S. The molecule has 0 aliphatic carbocycles. The summed E-state index contributed by atoms with van der Waals surface area (Å²) in [4.78, 5) is -0.254. The van der Waals surface area contributed by atoms with Gasteiger partial charge in [-0.25, -0.2) is 17.5 Å². The Kier molecular flexibility index (Phi) is 5.50. The molecule has 0 saturated heterocycles. The summed E-state index contributed by atoms with van der Waals surface area (Å²) in [6.45, 7) is 4.03. The summed E-state index contributed by atoms with van der Waals surface area (Å²) in [6, 6.07) is 3.68. The van der Waals surface area contributed by atoms with E-state index in [1.54, 1.807) is 0 Å². The molecule has 20 heavy (non-hydrogen) atoms. The van der Waals surface area contributed by atoms with E-state index in [2.05, 4.69) is 4.72 Å². The molecular weight excluding hydrogens is 283 g/mol. The number of nitrogens with one attached hydrogen (secondary N) is 1. The van der Waals surface area contributed by atoms with E-state index in [0.29, 0.717) is 12.8 Å². The normalized spacial score (nSPS) is 12.6. The Labute approximate surface area is 119 Å². The molecule has 0 amide bonds. The second-order valence-electron chi connectivity index (χ2n) is 5.47. The zero-order chi connectivity index (χ0) is 15.4. The van der Waals surface area contributed by atoms with Crippen LogP contribution in [0.3, 0.4) is 0 Å². The third-order valence-corrected chi connectivity index (χ3v) is 4.51. The zero-order valence-electron chi connectivity index (χ0n) is 11.7. The number of aliphatic hydroxyl groups is 1. The standard InChI is InChI=1S/C13H21FN2O3S/c1-13(2,7-4-8-17)9-16-20(18,19)11-6-3-5-10(14)12(11)15/h3,5-6,16-17H,4,7-9,15H2,1-2H3. The van der Waals surface area contributed by atoms with Crippen LogP contribution in [-0.2, 0) is 10.0 Å². The highest BCUT2D eigenvalue weighted by molar-refractivity contribution is 7.89. The first-order valence-corrected chi connectivity index (χ1v) is 7.82. The van der Waals surface area contributed by atoms with E-state index in [1.807, 2.05) is 13.8 Å². The molecule has 0 heterocycles. The summed E-state index contributed by atoms with van der Waals surface area (Å²) < 4.78 is 40.0. The summed E-state index contributed by atoms with van der Waals surface area (Å²) in [5, 5.41) is 8.81. The molecule has 5 nitrogen and oxygen atoms in total. The Morgan fingerprint density at radius 1 is 1.40 bits per heavy atom. The van der Waals surface area contributed by atoms with Crippen LogP contribution in [0, 0.1) is 11.2 Å². The molecule has 0 radical (unpaired) electrons. The van der Waals surface area contributed by atoms with Gasteiger partial charge in [0.2, 0.25) is 10.0 Å². The monoisotopic (exact) mass is 304 g/mol. The fourth-order valence-corrected chi connectivity index (χ4v) is 3.15. The summed E-state index contributed by atoms with van der Waals surface area (Å²) in [6.07, 6.45) is 1.27. The van der Waals surface area contributed by atoms with Crippen LogP contribution in [0.2, 0.25) is 0 Å². The van der Waals surface area contributed by atoms with Gasteiger partial charge in [0.05, 0.1) is 5.69 Å². The van der Waals surface area contributed by atoms with Crippen LogP contribution in [-0.4, -0.2) is 26.7 Å². The number of nitrogen functional groups attached to an aromatic ring is 1. The van der Waals surface area contributed by atoms with Crippen molar-refractivity contribution in [1.29, 1.82) is 0 Å². The Hall–Kier alpha value is -1.18. The number of anilines is 1. The zero-order valence-corrected chi connectivity index (χ0v) is 12.5. The minimum absolute atomic E-state index is 0.0625. The summed E-state index contributed by atoms with van der Waals surface area (Å²) in [5.74, 6) is -0.757. The van der Waals surface area contributed by atoms with Crippen LogP contribution in [0.25, 0.3) is 0 Å². The fourth-order valence-electron chi connectivity index (χ4n) is 1.77. The molecule has 0 spiro atoms. The predicted octanol–water partition coefficient (Wildman–Crippen LogP) is 1.48. The van der Waals surface area contributed by atoms with Gasteiger partial charge in [-0.1, -0.05) is 19.9 Å². The van der Waals surface area contributed by atoms with E-state index >= 15 is 0 Å². The van der Waals surface area contributed by atoms with Crippen LogP contribution in [0.5, 0.6) is 0 Å². The molecule has 4 N–H and O–H groups in total. The van der Waals surface area contributed by atoms with E-state index in [4.69, 9.17) is 10.8 Å². The van der Waals surface area contributed by atoms with Crippen LogP contribution < -0.4 is 10.5 Å². The van der Waals surface area contributed by atoms with Gasteiger partial charge in [0.15, 0.2) is 0 Å². The van der Waals surface area contributed by atoms with Crippen molar-refractivity contribution in [2.75, 3.05) is 18.9 Å². The third-order valence-electron chi connectivity index (χ3n) is 3.05. The summed E-state index contributed by atoms with van der Waals surface area (Å²) >= 11 is 0. The van der Waals surface area contributed by atoms with Gasteiger partial charge in [-0.3, -0.25) is 0 Å². The van der Waals surface area contributed by atoms with Crippen molar-refractivity contribution >= 4 is 15.7 Å². The number of para-hydroxylation sites is 1. The highest BCUT2D eigenvalue weighted by Crippen LogP contribution is 2.24. The van der Waals surface area contributed by atoms with Crippen LogP contribution in [0.1, 0.15) is 26.7 Å². The van der Waals surface area contributed by atoms with E-state index in [9.17, 15) is 12.8 Å². The lowest BCUT2D eigenvalue weighted by Crippen LogP contribution is -2.34. The van der Waals surface area contributed by atoms with Gasteiger partial charge < -0.3 is 10.8 Å². The number of aliphatic hydroxyl groups excluding tert-OH is 1. The molecule has 7 heteroatoms. The average Bonchev–Trinajstić information content (AvgIpc) is 2.37. The molecule has 1 aromatic carbocycles. The smallest absolute Gasteiger partial charge is 0.242 e. The molecule has 1 rings (SSSR count). The van der Waals surface area contributed by atoms with Crippen molar-refractivity contribution in [3.63, 3.8) is 0 Å². The first-order valence-electron chi connectivity index (χ1n) is 6.34. The second-order valence-corrected chi connectivity index (χ2v) is 7.20. The maximum absolute atomic E-state index is 13.3. The Morgan fingerprint density at radius 3 is 2.65 bits per heavy atom. The quantitative estimate of drug-likeness (QED) is 0.665. The Morgan fingerprint density at radius 2 is 2.05 bits per heavy atom.